The number of nitrogens with zero attached hydrogens (tertiary/aromatic N) is 2. The first kappa shape index (κ1) is 17.5. The Morgan fingerprint density at radius 1 is 1.30 bits per heavy atom. The number of H-pyrrole nitrogens is 1. The molecule has 27 heavy (non-hydrogen) atoms. The Morgan fingerprint density at radius 2 is 2.07 bits per heavy atom. The number of nitrogens with one attached hydrogen (secondary N) is 1. The SMILES string of the molecule is C1CN2CC12.CCOc1ccc(N=Cc2c(O)[nH]c3cc(F)ccc23)cc1. The van der Waals surface area contributed by atoms with Crippen LogP contribution in [0.1, 0.15) is 18.9 Å². The maximum atomic E-state index is 13.2. The van der Waals surface area contributed by atoms with Crippen molar-refractivity contribution in [3.8, 4) is 11.6 Å². The summed E-state index contributed by atoms with van der Waals surface area (Å²) in [6.07, 6.45) is 3.04. The minimum absolute atomic E-state index is 0.0321. The van der Waals surface area contributed by atoms with Gasteiger partial charge in [0.15, 0.2) is 5.88 Å². The Bertz CT molecular complexity index is 953. The predicted molar refractivity (Wildman–Crippen MR) is 105 cm³/mol. The number of fused-ring (bicyclic) bond motifs is 2. The van der Waals surface area contributed by atoms with Gasteiger partial charge in [0.25, 0.3) is 0 Å². The predicted octanol–water partition coefficient (Wildman–Crippen LogP) is 4.24. The topological polar surface area (TPSA) is 60.6 Å². The van der Waals surface area contributed by atoms with E-state index in [1.54, 1.807) is 12.3 Å². The largest absolute Gasteiger partial charge is 0.494 e. The van der Waals surface area contributed by atoms with E-state index in [4.69, 9.17) is 4.74 Å². The van der Waals surface area contributed by atoms with Crippen LogP contribution < -0.4 is 4.74 Å². The molecule has 2 aromatic carbocycles. The molecule has 0 amide bonds. The highest BCUT2D eigenvalue weighted by molar-refractivity contribution is 6.02. The highest BCUT2D eigenvalue weighted by atomic mass is 19.1. The minimum Gasteiger partial charge on any atom is -0.494 e. The van der Waals surface area contributed by atoms with E-state index in [1.165, 1.54) is 31.6 Å². The number of halogens is 1. The fraction of sp³-hybridized carbons (Fsp3) is 0.286. The van der Waals surface area contributed by atoms with Gasteiger partial charge in [0.2, 0.25) is 0 Å². The van der Waals surface area contributed by atoms with Crippen LogP contribution in [0, 0.1) is 5.82 Å². The summed E-state index contributed by atoms with van der Waals surface area (Å²) in [7, 11) is 0. The molecule has 2 atom stereocenters. The van der Waals surface area contributed by atoms with E-state index in [1.807, 2.05) is 31.2 Å². The lowest BCUT2D eigenvalue weighted by Crippen LogP contribution is -2.16. The first-order chi connectivity index (χ1) is 13.1. The molecule has 2 aliphatic heterocycles. The van der Waals surface area contributed by atoms with Crippen LogP contribution in [0.3, 0.4) is 0 Å². The third-order valence-electron chi connectivity index (χ3n) is 4.85. The monoisotopic (exact) mass is 367 g/mol. The van der Waals surface area contributed by atoms with Crippen LogP contribution in [0.25, 0.3) is 10.9 Å². The second-order valence-electron chi connectivity index (χ2n) is 6.70. The molecule has 2 N–H and O–H groups in total. The van der Waals surface area contributed by atoms with Gasteiger partial charge in [-0.1, -0.05) is 0 Å². The van der Waals surface area contributed by atoms with Crippen molar-refractivity contribution in [1.82, 2.24) is 9.88 Å². The summed E-state index contributed by atoms with van der Waals surface area (Å²) in [5, 5.41) is 10.6. The Kier molecular flexibility index (Phi) is 4.81. The number of hydrogen-bond donors (Lipinski definition) is 2. The van der Waals surface area contributed by atoms with Gasteiger partial charge in [0, 0.05) is 30.7 Å². The molecule has 2 fully saturated rings. The Morgan fingerprint density at radius 3 is 2.67 bits per heavy atom. The van der Waals surface area contributed by atoms with Gasteiger partial charge in [-0.15, -0.1) is 0 Å². The van der Waals surface area contributed by atoms with Crippen molar-refractivity contribution in [3.63, 3.8) is 0 Å². The van der Waals surface area contributed by atoms with Crippen molar-refractivity contribution in [2.75, 3.05) is 19.7 Å². The molecule has 5 nitrogen and oxygen atoms in total. The number of hydrogen-bond acceptors (Lipinski definition) is 4. The molecule has 6 heteroatoms. The van der Waals surface area contributed by atoms with Gasteiger partial charge >= 0.3 is 0 Å². The summed E-state index contributed by atoms with van der Waals surface area (Å²) in [5.74, 6) is 0.394. The average Bonchev–Trinajstić information content (AvgIpc) is 3.10. The van der Waals surface area contributed by atoms with Gasteiger partial charge in [-0.3, -0.25) is 9.89 Å². The van der Waals surface area contributed by atoms with Crippen molar-refractivity contribution >= 4 is 22.8 Å². The molecular weight excluding hydrogens is 345 g/mol. The smallest absolute Gasteiger partial charge is 0.198 e. The second kappa shape index (κ2) is 7.40. The molecule has 0 radical (unpaired) electrons. The van der Waals surface area contributed by atoms with Crippen LogP contribution in [-0.2, 0) is 0 Å². The van der Waals surface area contributed by atoms with E-state index in [-0.39, 0.29) is 11.7 Å². The van der Waals surface area contributed by atoms with Crippen LogP contribution in [0.15, 0.2) is 47.5 Å². The van der Waals surface area contributed by atoms with Gasteiger partial charge in [-0.05, 0) is 55.8 Å². The molecule has 0 bridgehead atoms. The van der Waals surface area contributed by atoms with E-state index in [0.29, 0.717) is 23.1 Å². The molecule has 1 aromatic heterocycles. The van der Waals surface area contributed by atoms with Crippen molar-refractivity contribution in [2.24, 2.45) is 4.99 Å². The number of aromatic nitrogens is 1. The third kappa shape index (κ3) is 3.95. The lowest BCUT2D eigenvalue weighted by molar-refractivity contribution is 0.340. The molecule has 0 saturated carbocycles. The minimum atomic E-state index is -0.358. The molecule has 2 aliphatic rings. The van der Waals surface area contributed by atoms with E-state index < -0.39 is 0 Å². The van der Waals surface area contributed by atoms with E-state index in [2.05, 4.69) is 14.9 Å². The van der Waals surface area contributed by atoms with Crippen LogP contribution in [0.4, 0.5) is 10.1 Å². The van der Waals surface area contributed by atoms with Crippen molar-refractivity contribution in [2.45, 2.75) is 19.4 Å². The first-order valence-electron chi connectivity index (χ1n) is 9.15. The molecule has 5 rings (SSSR count). The van der Waals surface area contributed by atoms with Crippen LogP contribution in [0.2, 0.25) is 0 Å². The molecule has 2 unspecified atom stereocenters. The van der Waals surface area contributed by atoms with Gasteiger partial charge in [-0.2, -0.15) is 0 Å². The number of aromatic hydroxyl groups is 1. The Balaban J connectivity index is 0.000000304. The lowest BCUT2D eigenvalue weighted by Gasteiger charge is -2.08. The Hall–Kier alpha value is -2.86. The summed E-state index contributed by atoms with van der Waals surface area (Å²) in [5.41, 5.74) is 1.80. The zero-order valence-corrected chi connectivity index (χ0v) is 15.2. The summed E-state index contributed by atoms with van der Waals surface area (Å²) >= 11 is 0. The molecular formula is C21H22FN3O2. The van der Waals surface area contributed by atoms with Crippen LogP contribution in [-0.4, -0.2) is 46.9 Å². The fourth-order valence-corrected chi connectivity index (χ4v) is 3.14. The lowest BCUT2D eigenvalue weighted by atomic mass is 10.2. The summed E-state index contributed by atoms with van der Waals surface area (Å²) in [6.45, 7) is 5.35. The first-order valence-corrected chi connectivity index (χ1v) is 9.15. The molecule has 3 heterocycles. The number of aliphatic imine (C=N–C) groups is 1. The normalized spacial score (nSPS) is 19.9. The zero-order valence-electron chi connectivity index (χ0n) is 15.2. The summed E-state index contributed by atoms with van der Waals surface area (Å²) in [6, 6.07) is 12.7. The van der Waals surface area contributed by atoms with Gasteiger partial charge in [0.1, 0.15) is 11.6 Å². The number of ether oxygens (including phenoxy) is 1. The fourth-order valence-electron chi connectivity index (χ4n) is 3.14. The number of benzene rings is 2. The third-order valence-corrected chi connectivity index (χ3v) is 4.85. The molecule has 140 valence electrons. The summed E-state index contributed by atoms with van der Waals surface area (Å²) in [4.78, 5) is 9.54. The highest BCUT2D eigenvalue weighted by Crippen LogP contribution is 2.30. The molecule has 0 spiro atoms. The van der Waals surface area contributed by atoms with Crippen molar-refractivity contribution in [3.05, 3.63) is 53.8 Å². The molecule has 2 saturated heterocycles. The maximum Gasteiger partial charge on any atom is 0.198 e. The molecule has 3 aromatic rings. The van der Waals surface area contributed by atoms with E-state index in [0.717, 1.165) is 17.5 Å². The quantitative estimate of drug-likeness (QED) is 0.536. The van der Waals surface area contributed by atoms with Crippen molar-refractivity contribution in [1.29, 1.82) is 0 Å². The van der Waals surface area contributed by atoms with Gasteiger partial charge < -0.3 is 14.8 Å². The Labute approximate surface area is 157 Å². The standard InChI is InChI=1S/C17H15FN2O2.C4H7N/c1-2-22-13-6-4-12(5-7-13)19-10-15-14-8-3-11(18)9-16(14)20-17(15)21;1-2-5-3-4(1)5/h3-10,20-21H,2H2,1H3;4H,1-3H2. The average molecular weight is 367 g/mol. The summed E-state index contributed by atoms with van der Waals surface area (Å²) < 4.78 is 18.5. The zero-order chi connectivity index (χ0) is 18.8. The molecule has 0 aliphatic carbocycles. The van der Waals surface area contributed by atoms with E-state index in [9.17, 15) is 9.50 Å². The van der Waals surface area contributed by atoms with Gasteiger partial charge in [0.05, 0.1) is 23.4 Å². The van der Waals surface area contributed by atoms with Crippen LogP contribution >= 0.6 is 0 Å². The number of aromatic amines is 1. The highest BCUT2D eigenvalue weighted by Gasteiger charge is 2.41. The van der Waals surface area contributed by atoms with E-state index >= 15 is 0 Å². The second-order valence-corrected chi connectivity index (χ2v) is 6.70. The van der Waals surface area contributed by atoms with Crippen LogP contribution in [0.5, 0.6) is 11.6 Å². The number of rotatable bonds is 4. The van der Waals surface area contributed by atoms with Gasteiger partial charge in [-0.25, -0.2) is 4.39 Å². The maximum absolute atomic E-state index is 13.2. The van der Waals surface area contributed by atoms with Crippen molar-refractivity contribution < 1.29 is 14.2 Å².